The van der Waals surface area contributed by atoms with E-state index in [1.165, 1.54) is 11.3 Å². The summed E-state index contributed by atoms with van der Waals surface area (Å²) < 4.78 is 2.61. The van der Waals surface area contributed by atoms with Gasteiger partial charge in [0, 0.05) is 6.20 Å². The van der Waals surface area contributed by atoms with Crippen LogP contribution in [-0.4, -0.2) is 19.6 Å². The Bertz CT molecular complexity index is 536. The Hall–Kier alpha value is -0.790. The van der Waals surface area contributed by atoms with Gasteiger partial charge in [0.2, 0.25) is 4.96 Å². The summed E-state index contributed by atoms with van der Waals surface area (Å²) in [6.07, 6.45) is 3.72. The van der Waals surface area contributed by atoms with Crippen LogP contribution < -0.4 is 0 Å². The van der Waals surface area contributed by atoms with Crippen molar-refractivity contribution in [2.24, 2.45) is 0 Å². The van der Waals surface area contributed by atoms with Crippen LogP contribution in [0.1, 0.15) is 0 Å². The summed E-state index contributed by atoms with van der Waals surface area (Å²) in [5, 5.41) is 4.22. The zero-order chi connectivity index (χ0) is 9.54. The zero-order valence-electron chi connectivity index (χ0n) is 6.72. The summed E-state index contributed by atoms with van der Waals surface area (Å²) in [5.41, 5.74) is 2.73. The third-order valence-corrected chi connectivity index (χ3v) is 3.85. The average Bonchev–Trinajstić information content (AvgIpc) is 2.74. The van der Waals surface area contributed by atoms with Crippen molar-refractivity contribution < 1.29 is 0 Å². The molecule has 0 radical (unpaired) electrons. The Morgan fingerprint density at radius 1 is 1.43 bits per heavy atom. The lowest BCUT2D eigenvalue weighted by Gasteiger charge is -1.83. The first-order valence-corrected chi connectivity index (χ1v) is 6.22. The van der Waals surface area contributed by atoms with Crippen LogP contribution in [0.2, 0.25) is 0 Å². The number of imidazole rings is 1. The molecule has 14 heavy (non-hydrogen) atoms. The predicted molar refractivity (Wildman–Crippen MR) is 59.7 cm³/mol. The molecule has 70 valence electrons. The van der Waals surface area contributed by atoms with E-state index in [2.05, 4.69) is 31.0 Å². The highest BCUT2D eigenvalue weighted by atomic mass is 79.9. The monoisotopic (exact) mass is 286 g/mol. The smallest absolute Gasteiger partial charge is 0.213 e. The van der Waals surface area contributed by atoms with Gasteiger partial charge >= 0.3 is 0 Å². The van der Waals surface area contributed by atoms with Crippen LogP contribution in [0.4, 0.5) is 0 Å². The SMILES string of the molecule is Brc1nn2cc(-c3cncs3)nc2s1. The molecule has 3 heterocycles. The van der Waals surface area contributed by atoms with Crippen LogP contribution in [0.5, 0.6) is 0 Å². The van der Waals surface area contributed by atoms with Gasteiger partial charge in [-0.25, -0.2) is 9.50 Å². The Morgan fingerprint density at radius 2 is 2.36 bits per heavy atom. The van der Waals surface area contributed by atoms with Crippen molar-refractivity contribution in [2.45, 2.75) is 0 Å². The quantitative estimate of drug-likeness (QED) is 0.691. The molecular formula is C7H3BrN4S2. The second-order valence-electron chi connectivity index (χ2n) is 2.57. The van der Waals surface area contributed by atoms with Gasteiger partial charge < -0.3 is 0 Å². The van der Waals surface area contributed by atoms with Gasteiger partial charge in [-0.2, -0.15) is 0 Å². The second kappa shape index (κ2) is 3.11. The molecule has 0 N–H and O–H groups in total. The number of hydrogen-bond acceptors (Lipinski definition) is 5. The summed E-state index contributed by atoms with van der Waals surface area (Å²) in [6, 6.07) is 0. The standard InChI is InChI=1S/C7H3BrN4S2/c8-6-11-12-2-4(10-7(12)14-6)5-1-9-3-13-5/h1-3H. The normalized spacial score (nSPS) is 11.2. The van der Waals surface area contributed by atoms with Crippen molar-refractivity contribution in [3.63, 3.8) is 0 Å². The maximum absolute atomic E-state index is 4.44. The van der Waals surface area contributed by atoms with Crippen LogP contribution in [0, 0.1) is 0 Å². The van der Waals surface area contributed by atoms with Crippen molar-refractivity contribution in [2.75, 3.05) is 0 Å². The minimum atomic E-state index is 0.843. The van der Waals surface area contributed by atoms with E-state index in [0.29, 0.717) is 0 Å². The molecule has 0 amide bonds. The van der Waals surface area contributed by atoms with Gasteiger partial charge in [0.05, 0.1) is 16.6 Å². The Kier molecular flexibility index (Phi) is 1.89. The summed E-state index contributed by atoms with van der Waals surface area (Å²) >= 11 is 6.40. The number of thiazole rings is 1. The van der Waals surface area contributed by atoms with E-state index in [4.69, 9.17) is 0 Å². The number of aromatic nitrogens is 4. The molecule has 3 rings (SSSR count). The van der Waals surface area contributed by atoms with Gasteiger partial charge in [-0.1, -0.05) is 11.3 Å². The number of nitrogens with zero attached hydrogens (tertiary/aromatic N) is 4. The van der Waals surface area contributed by atoms with E-state index in [-0.39, 0.29) is 0 Å². The fraction of sp³-hybridized carbons (Fsp3) is 0. The fourth-order valence-electron chi connectivity index (χ4n) is 1.14. The van der Waals surface area contributed by atoms with Crippen molar-refractivity contribution in [1.82, 2.24) is 19.6 Å². The van der Waals surface area contributed by atoms with Crippen LogP contribution >= 0.6 is 38.6 Å². The zero-order valence-corrected chi connectivity index (χ0v) is 9.93. The number of fused-ring (bicyclic) bond motifs is 1. The lowest BCUT2D eigenvalue weighted by molar-refractivity contribution is 0.959. The second-order valence-corrected chi connectivity index (χ2v) is 5.69. The van der Waals surface area contributed by atoms with E-state index < -0.39 is 0 Å². The third-order valence-electron chi connectivity index (χ3n) is 1.70. The molecule has 0 bridgehead atoms. The van der Waals surface area contributed by atoms with E-state index in [0.717, 1.165) is 19.4 Å². The van der Waals surface area contributed by atoms with E-state index >= 15 is 0 Å². The number of rotatable bonds is 1. The largest absolute Gasteiger partial charge is 0.252 e. The van der Waals surface area contributed by atoms with E-state index in [1.54, 1.807) is 21.4 Å². The minimum absolute atomic E-state index is 0.843. The van der Waals surface area contributed by atoms with Gasteiger partial charge in [0.25, 0.3) is 0 Å². The highest BCUT2D eigenvalue weighted by molar-refractivity contribution is 9.11. The molecule has 3 aromatic rings. The Balaban J connectivity index is 2.20. The topological polar surface area (TPSA) is 43.1 Å². The molecule has 0 aliphatic rings. The Morgan fingerprint density at radius 3 is 3.07 bits per heavy atom. The highest BCUT2D eigenvalue weighted by Crippen LogP contribution is 2.26. The lowest BCUT2D eigenvalue weighted by atomic mass is 10.4. The van der Waals surface area contributed by atoms with E-state index in [9.17, 15) is 0 Å². The van der Waals surface area contributed by atoms with Crippen molar-refractivity contribution in [3.8, 4) is 10.6 Å². The predicted octanol–water partition coefficient (Wildman–Crippen LogP) is 2.68. The number of halogens is 1. The van der Waals surface area contributed by atoms with Crippen molar-refractivity contribution in [3.05, 3.63) is 21.8 Å². The van der Waals surface area contributed by atoms with Gasteiger partial charge in [-0.15, -0.1) is 16.4 Å². The first kappa shape index (κ1) is 8.51. The summed E-state index contributed by atoms with van der Waals surface area (Å²) in [5.74, 6) is 0. The molecular weight excluding hydrogens is 284 g/mol. The first-order chi connectivity index (χ1) is 6.83. The minimum Gasteiger partial charge on any atom is -0.252 e. The average molecular weight is 287 g/mol. The molecule has 0 aliphatic carbocycles. The van der Waals surface area contributed by atoms with Gasteiger partial charge in [0.15, 0.2) is 3.92 Å². The lowest BCUT2D eigenvalue weighted by Crippen LogP contribution is -1.77. The molecule has 0 aromatic carbocycles. The molecule has 0 saturated carbocycles. The van der Waals surface area contributed by atoms with Crippen molar-refractivity contribution in [1.29, 1.82) is 0 Å². The molecule has 0 atom stereocenters. The molecule has 0 fully saturated rings. The van der Waals surface area contributed by atoms with Crippen LogP contribution in [-0.2, 0) is 0 Å². The molecule has 7 heteroatoms. The molecule has 4 nitrogen and oxygen atoms in total. The first-order valence-electron chi connectivity index (χ1n) is 3.73. The molecule has 0 spiro atoms. The fourth-order valence-corrected chi connectivity index (χ4v) is 2.93. The third kappa shape index (κ3) is 1.28. The molecule has 0 unspecified atom stereocenters. The van der Waals surface area contributed by atoms with Gasteiger partial charge in [-0.05, 0) is 15.9 Å². The van der Waals surface area contributed by atoms with Crippen LogP contribution in [0.25, 0.3) is 15.5 Å². The summed E-state index contributed by atoms with van der Waals surface area (Å²) in [6.45, 7) is 0. The highest BCUT2D eigenvalue weighted by Gasteiger charge is 2.08. The summed E-state index contributed by atoms with van der Waals surface area (Å²) in [7, 11) is 0. The maximum atomic E-state index is 4.44. The maximum Gasteiger partial charge on any atom is 0.213 e. The van der Waals surface area contributed by atoms with Gasteiger partial charge in [-0.3, -0.25) is 4.98 Å². The molecule has 0 saturated heterocycles. The van der Waals surface area contributed by atoms with E-state index in [1.807, 2.05) is 12.4 Å². The van der Waals surface area contributed by atoms with Crippen LogP contribution in [0.3, 0.4) is 0 Å². The van der Waals surface area contributed by atoms with Crippen molar-refractivity contribution >= 4 is 43.6 Å². The Labute approximate surface area is 95.4 Å². The summed E-state index contributed by atoms with van der Waals surface area (Å²) in [4.78, 5) is 10.4. The van der Waals surface area contributed by atoms with Gasteiger partial charge in [0.1, 0.15) is 5.69 Å². The number of hydrogen-bond donors (Lipinski definition) is 0. The van der Waals surface area contributed by atoms with Crippen LogP contribution in [0.15, 0.2) is 21.8 Å². The molecule has 3 aromatic heterocycles. The molecule has 0 aliphatic heterocycles.